The first-order chi connectivity index (χ1) is 8.74. The van der Waals surface area contributed by atoms with E-state index in [1.165, 1.54) is 11.4 Å². The molecule has 2 N–H and O–H groups in total. The molecule has 1 unspecified atom stereocenters. The van der Waals surface area contributed by atoms with Gasteiger partial charge in [-0.2, -0.15) is 5.10 Å². The maximum Gasteiger partial charge on any atom is 0.0624 e. The largest absolute Gasteiger partial charge is 0.381 e. The number of ether oxygens (including phenoxy) is 1. The van der Waals surface area contributed by atoms with E-state index in [0.717, 1.165) is 45.4 Å². The number of aryl methyl sites for hydroxylation is 2. The number of nitrogens with zero attached hydrogens (tertiary/aromatic N) is 2. The van der Waals surface area contributed by atoms with Gasteiger partial charge in [-0.3, -0.25) is 4.68 Å². The highest BCUT2D eigenvalue weighted by molar-refractivity contribution is 5.12. The van der Waals surface area contributed by atoms with Crippen LogP contribution in [0.2, 0.25) is 0 Å². The normalized spacial score (nSPS) is 19.1. The lowest BCUT2D eigenvalue weighted by molar-refractivity contribution is 0.0583. The maximum absolute atomic E-state index is 6.36. The van der Waals surface area contributed by atoms with Crippen LogP contribution in [-0.2, 0) is 24.1 Å². The van der Waals surface area contributed by atoms with Crippen LogP contribution < -0.4 is 5.73 Å². The van der Waals surface area contributed by atoms with E-state index in [1.807, 2.05) is 0 Å². The van der Waals surface area contributed by atoms with E-state index in [9.17, 15) is 0 Å². The third-order valence-corrected chi connectivity index (χ3v) is 3.89. The van der Waals surface area contributed by atoms with Crippen molar-refractivity contribution in [1.29, 1.82) is 0 Å². The molecule has 1 aliphatic heterocycles. The Balaban J connectivity index is 2.00. The molecular weight excluding hydrogens is 226 g/mol. The smallest absolute Gasteiger partial charge is 0.0624 e. The van der Waals surface area contributed by atoms with Gasteiger partial charge in [0.25, 0.3) is 0 Å². The predicted octanol–water partition coefficient (Wildman–Crippen LogP) is 1.76. The molecule has 1 fully saturated rings. The summed E-state index contributed by atoms with van der Waals surface area (Å²) in [4.78, 5) is 0. The number of aromatic nitrogens is 2. The molecule has 0 bridgehead atoms. The fourth-order valence-corrected chi connectivity index (χ4v) is 2.68. The number of rotatable bonds is 5. The lowest BCUT2D eigenvalue weighted by Crippen LogP contribution is -2.36. The van der Waals surface area contributed by atoms with Crippen LogP contribution in [0.3, 0.4) is 0 Å². The van der Waals surface area contributed by atoms with Crippen LogP contribution in [0.4, 0.5) is 0 Å². The van der Waals surface area contributed by atoms with Gasteiger partial charge in [-0.15, -0.1) is 0 Å². The SMILES string of the molecule is CCc1cc(CC(N)C2CCOCC2)n(CC)n1. The van der Waals surface area contributed by atoms with E-state index in [1.54, 1.807) is 0 Å². The van der Waals surface area contributed by atoms with Gasteiger partial charge in [0.15, 0.2) is 0 Å². The molecule has 1 aromatic rings. The molecule has 0 spiro atoms. The molecule has 0 amide bonds. The minimum absolute atomic E-state index is 0.237. The van der Waals surface area contributed by atoms with Gasteiger partial charge in [-0.05, 0) is 38.2 Å². The molecule has 1 aromatic heterocycles. The van der Waals surface area contributed by atoms with Gasteiger partial charge in [0.1, 0.15) is 0 Å². The lowest BCUT2D eigenvalue weighted by atomic mass is 9.89. The standard InChI is InChI=1S/C14H25N3O/c1-3-12-9-13(17(4-2)16-12)10-14(15)11-5-7-18-8-6-11/h9,11,14H,3-8,10,15H2,1-2H3. The Bertz CT molecular complexity index is 369. The Kier molecular flexibility index (Phi) is 4.78. The average Bonchev–Trinajstić information content (AvgIpc) is 2.82. The van der Waals surface area contributed by atoms with Crippen molar-refractivity contribution in [2.45, 2.75) is 52.1 Å². The van der Waals surface area contributed by atoms with Crippen LogP contribution in [0.1, 0.15) is 38.1 Å². The Morgan fingerprint density at radius 2 is 2.17 bits per heavy atom. The zero-order chi connectivity index (χ0) is 13.0. The van der Waals surface area contributed by atoms with Gasteiger partial charge < -0.3 is 10.5 Å². The van der Waals surface area contributed by atoms with Crippen molar-refractivity contribution in [3.63, 3.8) is 0 Å². The molecule has 0 aromatic carbocycles. The van der Waals surface area contributed by atoms with Crippen molar-refractivity contribution < 1.29 is 4.74 Å². The third-order valence-electron chi connectivity index (χ3n) is 3.89. The first-order valence-corrected chi connectivity index (χ1v) is 7.13. The molecule has 0 saturated carbocycles. The Labute approximate surface area is 110 Å². The summed E-state index contributed by atoms with van der Waals surface area (Å²) in [7, 11) is 0. The second kappa shape index (κ2) is 6.34. The first-order valence-electron chi connectivity index (χ1n) is 7.13. The zero-order valence-corrected chi connectivity index (χ0v) is 11.6. The van der Waals surface area contributed by atoms with E-state index in [2.05, 4.69) is 29.7 Å². The van der Waals surface area contributed by atoms with Crippen LogP contribution in [-0.4, -0.2) is 29.0 Å². The van der Waals surface area contributed by atoms with Crippen molar-refractivity contribution in [2.24, 2.45) is 11.7 Å². The third kappa shape index (κ3) is 3.12. The van der Waals surface area contributed by atoms with Gasteiger partial charge in [0.2, 0.25) is 0 Å². The molecule has 1 saturated heterocycles. The van der Waals surface area contributed by atoms with E-state index in [4.69, 9.17) is 10.5 Å². The number of hydrogen-bond acceptors (Lipinski definition) is 3. The van der Waals surface area contributed by atoms with Gasteiger partial charge in [0, 0.05) is 37.9 Å². The monoisotopic (exact) mass is 251 g/mol. The predicted molar refractivity (Wildman–Crippen MR) is 72.5 cm³/mol. The lowest BCUT2D eigenvalue weighted by Gasteiger charge is -2.27. The molecule has 2 heterocycles. The molecule has 0 aliphatic carbocycles. The summed E-state index contributed by atoms with van der Waals surface area (Å²) in [5, 5.41) is 4.58. The van der Waals surface area contributed by atoms with Crippen molar-refractivity contribution >= 4 is 0 Å². The van der Waals surface area contributed by atoms with E-state index < -0.39 is 0 Å². The minimum Gasteiger partial charge on any atom is -0.381 e. The topological polar surface area (TPSA) is 53.1 Å². The highest BCUT2D eigenvalue weighted by Gasteiger charge is 2.22. The van der Waals surface area contributed by atoms with Crippen LogP contribution >= 0.6 is 0 Å². The fourth-order valence-electron chi connectivity index (χ4n) is 2.68. The van der Waals surface area contributed by atoms with Crippen LogP contribution in [0.15, 0.2) is 6.07 Å². The maximum atomic E-state index is 6.36. The summed E-state index contributed by atoms with van der Waals surface area (Å²) in [6, 6.07) is 2.45. The van der Waals surface area contributed by atoms with Gasteiger partial charge in [-0.25, -0.2) is 0 Å². The highest BCUT2D eigenvalue weighted by Crippen LogP contribution is 2.20. The van der Waals surface area contributed by atoms with Gasteiger partial charge >= 0.3 is 0 Å². The van der Waals surface area contributed by atoms with Crippen LogP contribution in [0.5, 0.6) is 0 Å². The molecule has 18 heavy (non-hydrogen) atoms. The Morgan fingerprint density at radius 1 is 1.44 bits per heavy atom. The van der Waals surface area contributed by atoms with Gasteiger partial charge in [-0.1, -0.05) is 6.92 Å². The van der Waals surface area contributed by atoms with E-state index in [-0.39, 0.29) is 6.04 Å². The Hall–Kier alpha value is -0.870. The molecule has 102 valence electrons. The summed E-state index contributed by atoms with van der Waals surface area (Å²) in [5.41, 5.74) is 8.82. The number of hydrogen-bond donors (Lipinski definition) is 1. The van der Waals surface area contributed by atoms with Crippen molar-refractivity contribution in [3.05, 3.63) is 17.5 Å². The van der Waals surface area contributed by atoms with Crippen LogP contribution in [0.25, 0.3) is 0 Å². The summed E-state index contributed by atoms with van der Waals surface area (Å²) < 4.78 is 7.49. The zero-order valence-electron chi connectivity index (χ0n) is 11.6. The summed E-state index contributed by atoms with van der Waals surface area (Å²) in [5.74, 6) is 0.601. The molecule has 4 heteroatoms. The fraction of sp³-hybridized carbons (Fsp3) is 0.786. The second-order valence-electron chi connectivity index (χ2n) is 5.11. The highest BCUT2D eigenvalue weighted by atomic mass is 16.5. The molecular formula is C14H25N3O. The quantitative estimate of drug-likeness (QED) is 0.867. The average molecular weight is 251 g/mol. The summed E-state index contributed by atoms with van der Waals surface area (Å²) in [6.45, 7) is 6.94. The van der Waals surface area contributed by atoms with Crippen LogP contribution in [0, 0.1) is 5.92 Å². The molecule has 2 rings (SSSR count). The Morgan fingerprint density at radius 3 is 2.78 bits per heavy atom. The van der Waals surface area contributed by atoms with Crippen molar-refractivity contribution in [3.8, 4) is 0 Å². The molecule has 1 atom stereocenters. The first kappa shape index (κ1) is 13.6. The van der Waals surface area contributed by atoms with E-state index >= 15 is 0 Å². The summed E-state index contributed by atoms with van der Waals surface area (Å²) >= 11 is 0. The van der Waals surface area contributed by atoms with Crippen molar-refractivity contribution in [2.75, 3.05) is 13.2 Å². The van der Waals surface area contributed by atoms with Crippen molar-refractivity contribution in [1.82, 2.24) is 9.78 Å². The van der Waals surface area contributed by atoms with E-state index in [0.29, 0.717) is 5.92 Å². The molecule has 1 aliphatic rings. The summed E-state index contributed by atoms with van der Waals surface area (Å²) in [6.07, 6.45) is 4.13. The molecule has 4 nitrogen and oxygen atoms in total. The van der Waals surface area contributed by atoms with Gasteiger partial charge in [0.05, 0.1) is 5.69 Å². The number of nitrogens with two attached hydrogens (primary N) is 1. The minimum atomic E-state index is 0.237. The second-order valence-corrected chi connectivity index (χ2v) is 5.11. The molecule has 0 radical (unpaired) electrons.